The minimum Gasteiger partial charge on any atom is -0.329 e. The summed E-state index contributed by atoms with van der Waals surface area (Å²) >= 11 is 0. The Hall–Kier alpha value is -1.90. The molecule has 3 nitrogen and oxygen atoms in total. The van der Waals surface area contributed by atoms with Crippen LogP contribution in [0, 0.1) is 5.41 Å². The lowest BCUT2D eigenvalue weighted by molar-refractivity contribution is 0.0821. The molecule has 0 saturated heterocycles. The van der Waals surface area contributed by atoms with E-state index in [0.717, 1.165) is 11.1 Å². The maximum atomic E-state index is 12.4. The van der Waals surface area contributed by atoms with Gasteiger partial charge in [0.05, 0.1) is 17.8 Å². The summed E-state index contributed by atoms with van der Waals surface area (Å²) < 4.78 is 2.02. The summed E-state index contributed by atoms with van der Waals surface area (Å²) in [6, 6.07) is 7.90. The number of hydrogen-bond acceptors (Lipinski definition) is 2. The molecule has 3 heteroatoms. The Kier molecular flexibility index (Phi) is 1.99. The van der Waals surface area contributed by atoms with E-state index < -0.39 is 5.41 Å². The molecule has 1 aliphatic carbocycles. The van der Waals surface area contributed by atoms with Crippen molar-refractivity contribution in [2.24, 2.45) is 5.41 Å². The quantitative estimate of drug-likeness (QED) is 0.749. The van der Waals surface area contributed by atoms with Crippen LogP contribution < -0.4 is 0 Å². The summed E-state index contributed by atoms with van der Waals surface area (Å²) in [5.74, 6) is 0.215. The first-order valence-corrected chi connectivity index (χ1v) is 5.73. The molecule has 2 aromatic rings. The van der Waals surface area contributed by atoms with Crippen LogP contribution in [0.25, 0.3) is 0 Å². The van der Waals surface area contributed by atoms with Crippen LogP contribution in [0.5, 0.6) is 0 Å². The number of fused-ring (bicyclic) bond motifs is 1. The maximum Gasteiger partial charge on any atom is 0.171 e. The summed E-state index contributed by atoms with van der Waals surface area (Å²) in [4.78, 5) is 16.5. The fourth-order valence-corrected chi connectivity index (χ4v) is 2.76. The summed E-state index contributed by atoms with van der Waals surface area (Å²) in [6.45, 7) is 4.00. The second kappa shape index (κ2) is 3.29. The molecule has 1 aromatic carbocycles. The number of nitrogens with zero attached hydrogens (tertiary/aromatic N) is 2. The minimum absolute atomic E-state index is 0.0497. The highest BCUT2D eigenvalue weighted by molar-refractivity contribution is 6.05. The summed E-state index contributed by atoms with van der Waals surface area (Å²) in [5.41, 5.74) is 1.53. The Balaban J connectivity index is 2.24. The lowest BCUT2D eigenvalue weighted by atomic mass is 9.84. The van der Waals surface area contributed by atoms with Crippen LogP contribution >= 0.6 is 0 Å². The number of carbonyl (C=O) groups is 1. The molecule has 0 spiro atoms. The van der Waals surface area contributed by atoms with Gasteiger partial charge >= 0.3 is 0 Å². The second-order valence-electron chi connectivity index (χ2n) is 5.05. The van der Waals surface area contributed by atoms with Crippen molar-refractivity contribution in [2.45, 2.75) is 19.9 Å². The van der Waals surface area contributed by atoms with Gasteiger partial charge < -0.3 is 4.57 Å². The van der Waals surface area contributed by atoms with Crippen molar-refractivity contribution in [3.8, 4) is 0 Å². The molecule has 0 amide bonds. The number of Topliss-reactive ketones (excluding diaryl/α,β-unsaturated/α-hetero) is 1. The van der Waals surface area contributed by atoms with E-state index in [1.165, 1.54) is 0 Å². The van der Waals surface area contributed by atoms with E-state index in [0.29, 0.717) is 0 Å². The van der Waals surface area contributed by atoms with Crippen LogP contribution in [-0.2, 0) is 0 Å². The Morgan fingerprint density at radius 3 is 2.76 bits per heavy atom. The standard InChI is InChI=1S/C14H14N2O/c1-14(2)12(16-8-7-15-9-16)10-5-3-4-6-11(10)13(14)17/h3-9,12H,1-2H3/t12-/m0/s1. The van der Waals surface area contributed by atoms with Gasteiger partial charge in [-0.2, -0.15) is 0 Å². The zero-order chi connectivity index (χ0) is 12.0. The zero-order valence-corrected chi connectivity index (χ0v) is 9.92. The molecule has 1 aromatic heterocycles. The van der Waals surface area contributed by atoms with Crippen molar-refractivity contribution in [1.29, 1.82) is 0 Å². The Bertz CT molecular complexity index is 570. The SMILES string of the molecule is CC1(C)C(=O)c2ccccc2[C@@H]1n1ccnc1. The van der Waals surface area contributed by atoms with E-state index in [1.54, 1.807) is 12.5 Å². The molecule has 0 aliphatic heterocycles. The predicted molar refractivity (Wildman–Crippen MR) is 64.9 cm³/mol. The topological polar surface area (TPSA) is 34.9 Å². The van der Waals surface area contributed by atoms with Gasteiger partial charge in [0.15, 0.2) is 5.78 Å². The fourth-order valence-electron chi connectivity index (χ4n) is 2.76. The molecule has 0 radical (unpaired) electrons. The summed E-state index contributed by atoms with van der Waals surface area (Å²) in [7, 11) is 0. The van der Waals surface area contributed by atoms with Crippen molar-refractivity contribution < 1.29 is 4.79 Å². The highest BCUT2D eigenvalue weighted by Crippen LogP contribution is 2.47. The Labute approximate surface area is 100 Å². The molecule has 0 bridgehead atoms. The van der Waals surface area contributed by atoms with E-state index in [9.17, 15) is 4.79 Å². The molecule has 86 valence electrons. The highest BCUT2D eigenvalue weighted by atomic mass is 16.1. The number of rotatable bonds is 1. The van der Waals surface area contributed by atoms with Crippen LogP contribution in [0.1, 0.15) is 35.8 Å². The van der Waals surface area contributed by atoms with Gasteiger partial charge in [-0.25, -0.2) is 4.98 Å². The molecular weight excluding hydrogens is 212 g/mol. The van der Waals surface area contributed by atoms with Gasteiger partial charge in [-0.1, -0.05) is 38.1 Å². The van der Waals surface area contributed by atoms with Gasteiger partial charge in [-0.15, -0.1) is 0 Å². The van der Waals surface area contributed by atoms with Gasteiger partial charge in [0, 0.05) is 18.0 Å². The van der Waals surface area contributed by atoms with Crippen LogP contribution in [-0.4, -0.2) is 15.3 Å². The minimum atomic E-state index is -0.412. The van der Waals surface area contributed by atoms with E-state index in [1.807, 2.05) is 48.9 Å². The van der Waals surface area contributed by atoms with Crippen LogP contribution in [0.3, 0.4) is 0 Å². The molecule has 17 heavy (non-hydrogen) atoms. The van der Waals surface area contributed by atoms with Crippen molar-refractivity contribution in [1.82, 2.24) is 9.55 Å². The molecule has 0 saturated carbocycles. The lowest BCUT2D eigenvalue weighted by Gasteiger charge is -2.27. The molecule has 0 unspecified atom stereocenters. The van der Waals surface area contributed by atoms with Gasteiger partial charge in [-0.3, -0.25) is 4.79 Å². The molecule has 1 atom stereocenters. The molecule has 0 N–H and O–H groups in total. The molecule has 1 heterocycles. The third-order valence-electron chi connectivity index (χ3n) is 3.59. The van der Waals surface area contributed by atoms with Crippen molar-refractivity contribution >= 4 is 5.78 Å². The molecule has 0 fully saturated rings. The first-order chi connectivity index (χ1) is 8.12. The smallest absolute Gasteiger partial charge is 0.171 e. The average Bonchev–Trinajstić information content (AvgIpc) is 2.87. The van der Waals surface area contributed by atoms with E-state index in [2.05, 4.69) is 4.98 Å². The van der Waals surface area contributed by atoms with E-state index >= 15 is 0 Å². The van der Waals surface area contributed by atoms with Crippen LogP contribution in [0.15, 0.2) is 43.0 Å². The first-order valence-electron chi connectivity index (χ1n) is 5.73. The number of benzene rings is 1. The molecule has 3 rings (SSSR count). The Morgan fingerprint density at radius 2 is 2.06 bits per heavy atom. The third-order valence-corrected chi connectivity index (χ3v) is 3.59. The van der Waals surface area contributed by atoms with E-state index in [4.69, 9.17) is 0 Å². The van der Waals surface area contributed by atoms with Gasteiger partial charge in [0.1, 0.15) is 0 Å². The predicted octanol–water partition coefficient (Wildman–Crippen LogP) is 2.70. The van der Waals surface area contributed by atoms with E-state index in [-0.39, 0.29) is 11.8 Å². The third kappa shape index (κ3) is 1.28. The van der Waals surface area contributed by atoms with Crippen LogP contribution in [0.4, 0.5) is 0 Å². The monoisotopic (exact) mass is 226 g/mol. The van der Waals surface area contributed by atoms with Crippen molar-refractivity contribution in [3.05, 3.63) is 54.1 Å². The van der Waals surface area contributed by atoms with Crippen molar-refractivity contribution in [2.75, 3.05) is 0 Å². The van der Waals surface area contributed by atoms with Crippen molar-refractivity contribution in [3.63, 3.8) is 0 Å². The highest BCUT2D eigenvalue weighted by Gasteiger charge is 2.46. The number of hydrogen-bond donors (Lipinski definition) is 0. The van der Waals surface area contributed by atoms with Gasteiger partial charge in [0.2, 0.25) is 0 Å². The maximum absolute atomic E-state index is 12.4. The lowest BCUT2D eigenvalue weighted by Crippen LogP contribution is -2.28. The largest absolute Gasteiger partial charge is 0.329 e. The summed E-state index contributed by atoms with van der Waals surface area (Å²) in [5, 5.41) is 0. The fraction of sp³-hybridized carbons (Fsp3) is 0.286. The first kappa shape index (κ1) is 10.3. The summed E-state index contributed by atoms with van der Waals surface area (Å²) in [6.07, 6.45) is 5.45. The number of aromatic nitrogens is 2. The molecule has 1 aliphatic rings. The normalized spacial score (nSPS) is 21.5. The second-order valence-corrected chi connectivity index (χ2v) is 5.05. The number of imidazole rings is 1. The van der Waals surface area contributed by atoms with Gasteiger partial charge in [-0.05, 0) is 5.56 Å². The molecular formula is C14H14N2O. The van der Waals surface area contributed by atoms with Gasteiger partial charge in [0.25, 0.3) is 0 Å². The number of carbonyl (C=O) groups excluding carboxylic acids is 1. The Morgan fingerprint density at radius 1 is 1.29 bits per heavy atom. The zero-order valence-electron chi connectivity index (χ0n) is 9.92. The average molecular weight is 226 g/mol. The van der Waals surface area contributed by atoms with Crippen LogP contribution in [0.2, 0.25) is 0 Å². The number of ketones is 1.